The fourth-order valence-electron chi connectivity index (χ4n) is 3.85. The quantitative estimate of drug-likeness (QED) is 0.805. The van der Waals surface area contributed by atoms with Crippen LogP contribution in [0, 0.1) is 11.8 Å². The second-order valence-electron chi connectivity index (χ2n) is 8.60. The first-order valence-corrected chi connectivity index (χ1v) is 11.1. The molecule has 1 aliphatic rings. The number of aliphatic carboxylic acids is 1. The van der Waals surface area contributed by atoms with Crippen molar-refractivity contribution in [3.63, 3.8) is 0 Å². The van der Waals surface area contributed by atoms with Crippen LogP contribution in [0.1, 0.15) is 46.1 Å². The molecule has 0 bridgehead atoms. The van der Waals surface area contributed by atoms with Crippen molar-refractivity contribution in [2.24, 2.45) is 11.8 Å². The lowest BCUT2D eigenvalue weighted by molar-refractivity contribution is -0.145. The molecule has 3 unspecified atom stereocenters. The third-order valence-corrected chi connectivity index (χ3v) is 7.78. The highest BCUT2D eigenvalue weighted by Gasteiger charge is 2.41. The maximum absolute atomic E-state index is 11.8. The van der Waals surface area contributed by atoms with E-state index in [9.17, 15) is 9.90 Å². The molecule has 3 atom stereocenters. The molecule has 3 nitrogen and oxygen atoms in total. The molecule has 1 aliphatic carbocycles. The van der Waals surface area contributed by atoms with Gasteiger partial charge in [0, 0.05) is 0 Å². The molecule has 0 heterocycles. The standard InChI is InChI=1S/C23H29O3Si/c1-16-10-15-20(21(16)22(24)25)26-27(18-8-6-5-7-9-18)19-13-11-17(12-14-19)23(2,3)4/h5-9,11-14,16,20-21H,10,15H2,1-4H3,(H,24,25). The van der Waals surface area contributed by atoms with E-state index >= 15 is 0 Å². The van der Waals surface area contributed by atoms with Gasteiger partial charge >= 0.3 is 5.97 Å². The van der Waals surface area contributed by atoms with Crippen LogP contribution in [0.4, 0.5) is 0 Å². The van der Waals surface area contributed by atoms with E-state index in [1.165, 1.54) is 10.8 Å². The van der Waals surface area contributed by atoms with E-state index in [0.29, 0.717) is 0 Å². The second kappa shape index (κ2) is 7.99. The largest absolute Gasteiger partial charge is 0.481 e. The van der Waals surface area contributed by atoms with E-state index in [1.54, 1.807) is 0 Å². The van der Waals surface area contributed by atoms with Crippen molar-refractivity contribution in [1.82, 2.24) is 0 Å². The molecule has 3 rings (SSSR count). The number of carboxylic acid groups (broad SMARTS) is 1. The zero-order valence-electron chi connectivity index (χ0n) is 16.6. The van der Waals surface area contributed by atoms with Crippen molar-refractivity contribution < 1.29 is 14.3 Å². The molecule has 4 heteroatoms. The van der Waals surface area contributed by atoms with Gasteiger partial charge in [-0.05, 0) is 40.1 Å². The SMILES string of the molecule is CC1CCC(O[Si](c2ccccc2)c2ccc(C(C)(C)C)cc2)C1C(=O)O. The molecule has 1 N–H and O–H groups in total. The average Bonchev–Trinajstić information content (AvgIpc) is 3.00. The zero-order valence-corrected chi connectivity index (χ0v) is 17.6. The van der Waals surface area contributed by atoms with E-state index in [-0.39, 0.29) is 17.4 Å². The Bertz CT molecular complexity index is 764. The number of carbonyl (C=O) groups is 1. The number of rotatable bonds is 5. The van der Waals surface area contributed by atoms with Gasteiger partial charge in [-0.25, -0.2) is 0 Å². The van der Waals surface area contributed by atoms with Gasteiger partial charge in [-0.15, -0.1) is 0 Å². The molecule has 0 spiro atoms. The highest BCUT2D eigenvalue weighted by Crippen LogP contribution is 2.34. The number of hydrogen-bond donors (Lipinski definition) is 1. The van der Waals surface area contributed by atoms with Gasteiger partial charge < -0.3 is 9.53 Å². The molecule has 1 fully saturated rings. The van der Waals surface area contributed by atoms with Crippen molar-refractivity contribution in [1.29, 1.82) is 0 Å². The Labute approximate surface area is 164 Å². The minimum absolute atomic E-state index is 0.105. The third kappa shape index (κ3) is 4.50. The van der Waals surface area contributed by atoms with Crippen LogP contribution in [0.2, 0.25) is 0 Å². The van der Waals surface area contributed by atoms with Crippen LogP contribution < -0.4 is 10.4 Å². The molecule has 27 heavy (non-hydrogen) atoms. The number of benzene rings is 2. The highest BCUT2D eigenvalue weighted by molar-refractivity contribution is 6.80. The summed E-state index contributed by atoms with van der Waals surface area (Å²) < 4.78 is 6.57. The highest BCUT2D eigenvalue weighted by atomic mass is 28.3. The molecular weight excluding hydrogens is 352 g/mol. The molecule has 2 aromatic rings. The third-order valence-electron chi connectivity index (χ3n) is 5.52. The summed E-state index contributed by atoms with van der Waals surface area (Å²) in [5, 5.41) is 12.0. The molecule has 0 saturated heterocycles. The minimum atomic E-state index is -1.50. The molecule has 1 saturated carbocycles. The summed E-state index contributed by atoms with van der Waals surface area (Å²) in [6.45, 7) is 8.64. The Morgan fingerprint density at radius 2 is 1.59 bits per heavy atom. The van der Waals surface area contributed by atoms with Crippen molar-refractivity contribution in [2.75, 3.05) is 0 Å². The average molecular weight is 382 g/mol. The lowest BCUT2D eigenvalue weighted by atomic mass is 9.87. The van der Waals surface area contributed by atoms with Crippen LogP contribution in [0.3, 0.4) is 0 Å². The van der Waals surface area contributed by atoms with Gasteiger partial charge in [0.2, 0.25) is 0 Å². The van der Waals surface area contributed by atoms with Gasteiger partial charge in [0.05, 0.1) is 12.0 Å². The van der Waals surface area contributed by atoms with Crippen LogP contribution in [-0.4, -0.2) is 26.2 Å². The summed E-state index contributed by atoms with van der Waals surface area (Å²) in [4.78, 5) is 11.8. The summed E-state index contributed by atoms with van der Waals surface area (Å²) in [6, 6.07) is 18.9. The van der Waals surface area contributed by atoms with Crippen LogP contribution >= 0.6 is 0 Å². The first-order chi connectivity index (χ1) is 12.8. The van der Waals surface area contributed by atoms with E-state index < -0.39 is 20.9 Å². The Morgan fingerprint density at radius 3 is 2.15 bits per heavy atom. The second-order valence-corrected chi connectivity index (χ2v) is 10.6. The summed E-state index contributed by atoms with van der Waals surface area (Å²) in [5.41, 5.74) is 1.40. The first kappa shape index (κ1) is 19.8. The minimum Gasteiger partial charge on any atom is -0.481 e. The molecular formula is C23H29O3Si. The van der Waals surface area contributed by atoms with E-state index in [0.717, 1.165) is 18.0 Å². The summed E-state index contributed by atoms with van der Waals surface area (Å²) in [5.74, 6) is -0.986. The normalized spacial score (nSPS) is 22.9. The van der Waals surface area contributed by atoms with Crippen molar-refractivity contribution >= 4 is 25.4 Å². The van der Waals surface area contributed by atoms with Crippen LogP contribution in [0.5, 0.6) is 0 Å². The van der Waals surface area contributed by atoms with Gasteiger partial charge in [-0.3, -0.25) is 4.79 Å². The maximum Gasteiger partial charge on any atom is 0.309 e. The number of hydrogen-bond acceptors (Lipinski definition) is 2. The van der Waals surface area contributed by atoms with Gasteiger partial charge in [0.25, 0.3) is 9.04 Å². The monoisotopic (exact) mass is 381 g/mol. The molecule has 0 aromatic heterocycles. The topological polar surface area (TPSA) is 46.5 Å². The van der Waals surface area contributed by atoms with Crippen LogP contribution in [0.25, 0.3) is 0 Å². The van der Waals surface area contributed by atoms with Gasteiger partial charge in [-0.2, -0.15) is 0 Å². The fraction of sp³-hybridized carbons (Fsp3) is 0.435. The summed E-state index contributed by atoms with van der Waals surface area (Å²) >= 11 is 0. The predicted molar refractivity (Wildman–Crippen MR) is 111 cm³/mol. The zero-order chi connectivity index (χ0) is 19.6. The van der Waals surface area contributed by atoms with Crippen LogP contribution in [0.15, 0.2) is 54.6 Å². The van der Waals surface area contributed by atoms with Crippen molar-refractivity contribution in [2.45, 2.75) is 52.1 Å². The summed E-state index contributed by atoms with van der Waals surface area (Å²) in [6.07, 6.45) is 1.52. The molecule has 2 aromatic carbocycles. The smallest absolute Gasteiger partial charge is 0.309 e. The summed E-state index contributed by atoms with van der Waals surface area (Å²) in [7, 11) is -1.50. The van der Waals surface area contributed by atoms with Crippen molar-refractivity contribution in [3.8, 4) is 0 Å². The lowest BCUT2D eigenvalue weighted by Crippen LogP contribution is -2.48. The lowest BCUT2D eigenvalue weighted by Gasteiger charge is -2.26. The van der Waals surface area contributed by atoms with Gasteiger partial charge in [0.1, 0.15) is 0 Å². The van der Waals surface area contributed by atoms with Crippen LogP contribution in [-0.2, 0) is 14.6 Å². The Morgan fingerprint density at radius 1 is 1.00 bits per heavy atom. The molecule has 0 aliphatic heterocycles. The molecule has 143 valence electrons. The van der Waals surface area contributed by atoms with E-state index in [2.05, 4.69) is 57.2 Å². The van der Waals surface area contributed by atoms with E-state index in [4.69, 9.17) is 4.43 Å². The fourth-order valence-corrected chi connectivity index (χ4v) is 5.99. The first-order valence-electron chi connectivity index (χ1n) is 9.70. The molecule has 1 radical (unpaired) electrons. The van der Waals surface area contributed by atoms with Gasteiger partial charge in [-0.1, -0.05) is 82.3 Å². The Hall–Kier alpha value is -1.91. The van der Waals surface area contributed by atoms with Crippen molar-refractivity contribution in [3.05, 3.63) is 60.2 Å². The Kier molecular flexibility index (Phi) is 5.87. The Balaban J connectivity index is 1.92. The van der Waals surface area contributed by atoms with Gasteiger partial charge in [0.15, 0.2) is 0 Å². The maximum atomic E-state index is 11.8. The molecule has 0 amide bonds. The number of carboxylic acids is 1. The van der Waals surface area contributed by atoms with E-state index in [1.807, 2.05) is 25.1 Å². The predicted octanol–water partition coefficient (Wildman–Crippen LogP) is 3.61.